The maximum absolute atomic E-state index is 13.5. The monoisotopic (exact) mass is 957 g/mol. The molecule has 6 N–H and O–H groups in total. The number of ketones is 2. The molecule has 376 valence electrons. The third kappa shape index (κ3) is 25.6. The number of Topliss-reactive ketones (excluding diaryl/α,β-unsaturated/α-hetero) is 2. The molecule has 69 heavy (non-hydrogen) atoms. The van der Waals surface area contributed by atoms with Crippen LogP contribution in [0.2, 0.25) is 0 Å². The molecule has 0 fully saturated rings. The molecule has 3 aromatic carbocycles. The van der Waals surface area contributed by atoms with Gasteiger partial charge in [-0.3, -0.25) is 38.4 Å². The summed E-state index contributed by atoms with van der Waals surface area (Å²) in [5.74, 6) is -2.18. The number of aryl methyl sites for hydroxylation is 3. The van der Waals surface area contributed by atoms with Crippen LogP contribution >= 0.6 is 0 Å². The minimum Gasteiger partial charge on any atom is -0.378 e. The average molecular weight is 957 g/mol. The molecule has 0 saturated heterocycles. The predicted molar refractivity (Wildman–Crippen MR) is 263 cm³/mol. The second-order valence-electron chi connectivity index (χ2n) is 17.5. The molecule has 17 heteroatoms. The standard InChI is InChI=1S/C52H72N6O11/c1-37(2)45(60)7-6-8-51(66)58-52(34-67-30-24-46(61)53-27-21-44(59)33-41-15-9-38(3)10-16-41,35-68-31-25-47(62)54-28-22-49(64)56-42-17-11-39(4)12-18-42)36-69-32-26-48(63)55-29-23-50(65)57-43-19-13-40(5)14-20-43/h9-20,37H,6-8,21-36H2,1-5H3,(H,53,61)(H,54,62)(H,55,63)(H,56,64)(H,57,65)(H,58,66). The number of amides is 6. The number of rotatable bonds is 34. The van der Waals surface area contributed by atoms with Crippen LogP contribution in [0.5, 0.6) is 0 Å². The van der Waals surface area contributed by atoms with Crippen LogP contribution in [-0.2, 0) is 59.0 Å². The van der Waals surface area contributed by atoms with E-state index >= 15 is 0 Å². The van der Waals surface area contributed by atoms with Gasteiger partial charge in [0.05, 0.1) is 39.6 Å². The number of carbonyl (C=O) groups is 8. The quantitative estimate of drug-likeness (QED) is 0.0437. The summed E-state index contributed by atoms with van der Waals surface area (Å²) < 4.78 is 17.9. The maximum Gasteiger partial charge on any atom is 0.226 e. The SMILES string of the molecule is Cc1ccc(CC(=O)CCNC(=O)CCOCC(COCCC(=O)NCCC(=O)Nc2ccc(C)cc2)(COCCC(=O)NCCC(=O)Nc2ccc(C)cc2)NC(=O)CCCC(=O)C(C)C)cc1. The fourth-order valence-electron chi connectivity index (χ4n) is 6.58. The molecular weight excluding hydrogens is 885 g/mol. The van der Waals surface area contributed by atoms with Crippen LogP contribution in [0.25, 0.3) is 0 Å². The highest BCUT2D eigenvalue weighted by Crippen LogP contribution is 2.14. The first kappa shape index (κ1) is 57.0. The molecule has 0 aliphatic heterocycles. The highest BCUT2D eigenvalue weighted by molar-refractivity contribution is 5.92. The zero-order valence-electron chi connectivity index (χ0n) is 40.9. The second kappa shape index (κ2) is 31.7. The van der Waals surface area contributed by atoms with Gasteiger partial charge >= 0.3 is 0 Å². The van der Waals surface area contributed by atoms with Crippen LogP contribution in [0.3, 0.4) is 0 Å². The number of hydrogen-bond acceptors (Lipinski definition) is 11. The van der Waals surface area contributed by atoms with Gasteiger partial charge in [0.25, 0.3) is 0 Å². The van der Waals surface area contributed by atoms with Gasteiger partial charge in [-0.1, -0.05) is 79.1 Å². The fraction of sp³-hybridized carbons (Fsp3) is 0.500. The minimum atomic E-state index is -1.37. The highest BCUT2D eigenvalue weighted by Gasteiger charge is 2.34. The van der Waals surface area contributed by atoms with Crippen LogP contribution in [0.4, 0.5) is 11.4 Å². The van der Waals surface area contributed by atoms with Crippen LogP contribution in [0.15, 0.2) is 72.8 Å². The molecule has 0 aliphatic rings. The van der Waals surface area contributed by atoms with Gasteiger partial charge in [0.2, 0.25) is 35.4 Å². The number of anilines is 2. The van der Waals surface area contributed by atoms with E-state index in [0.717, 1.165) is 22.3 Å². The number of nitrogens with one attached hydrogen (secondary N) is 6. The average Bonchev–Trinajstić information content (AvgIpc) is 3.30. The Morgan fingerprint density at radius 1 is 0.464 bits per heavy atom. The largest absolute Gasteiger partial charge is 0.378 e. The highest BCUT2D eigenvalue weighted by atomic mass is 16.5. The molecule has 0 spiro atoms. The van der Waals surface area contributed by atoms with Crippen molar-refractivity contribution in [1.29, 1.82) is 0 Å². The van der Waals surface area contributed by atoms with Crippen molar-refractivity contribution in [3.8, 4) is 0 Å². The Morgan fingerprint density at radius 3 is 1.26 bits per heavy atom. The Hall–Kier alpha value is -6.30. The topological polar surface area (TPSA) is 236 Å². The van der Waals surface area contributed by atoms with Crippen LogP contribution in [0, 0.1) is 26.7 Å². The minimum absolute atomic E-state index is 0.00500. The van der Waals surface area contributed by atoms with E-state index in [1.165, 1.54) is 0 Å². The van der Waals surface area contributed by atoms with Gasteiger partial charge in [0.15, 0.2) is 0 Å². The molecular formula is C52H72N6O11. The van der Waals surface area contributed by atoms with Crippen molar-refractivity contribution in [2.24, 2.45) is 5.92 Å². The Morgan fingerprint density at radius 2 is 0.855 bits per heavy atom. The van der Waals surface area contributed by atoms with E-state index in [4.69, 9.17) is 14.2 Å². The van der Waals surface area contributed by atoms with E-state index in [-0.39, 0.29) is 164 Å². The Kier molecular flexibility index (Phi) is 26.2. The van der Waals surface area contributed by atoms with Crippen molar-refractivity contribution >= 4 is 58.4 Å². The van der Waals surface area contributed by atoms with E-state index in [2.05, 4.69) is 31.9 Å². The fourth-order valence-corrected chi connectivity index (χ4v) is 6.58. The van der Waals surface area contributed by atoms with Crippen LogP contribution in [0.1, 0.15) is 93.9 Å². The lowest BCUT2D eigenvalue weighted by molar-refractivity contribution is -0.131. The number of benzene rings is 3. The molecule has 0 heterocycles. The van der Waals surface area contributed by atoms with Crippen LogP contribution in [-0.4, -0.2) is 112 Å². The second-order valence-corrected chi connectivity index (χ2v) is 17.5. The van der Waals surface area contributed by atoms with Crippen molar-refractivity contribution in [3.63, 3.8) is 0 Å². The number of ether oxygens (including phenoxy) is 3. The van der Waals surface area contributed by atoms with Gasteiger partial charge in [0, 0.05) is 94.7 Å². The Bertz CT molecular complexity index is 1900. The first-order valence-electron chi connectivity index (χ1n) is 23.7. The molecule has 0 aromatic heterocycles. The summed E-state index contributed by atoms with van der Waals surface area (Å²) in [5, 5.41) is 16.7. The zero-order valence-corrected chi connectivity index (χ0v) is 40.9. The summed E-state index contributed by atoms with van der Waals surface area (Å²) in [4.78, 5) is 101. The third-order valence-electron chi connectivity index (χ3n) is 10.7. The van der Waals surface area contributed by atoms with E-state index in [1.54, 1.807) is 38.1 Å². The first-order chi connectivity index (χ1) is 33.0. The molecule has 17 nitrogen and oxygen atoms in total. The predicted octanol–water partition coefficient (Wildman–Crippen LogP) is 4.99. The molecule has 3 rings (SSSR count). The summed E-state index contributed by atoms with van der Waals surface area (Å²) in [5.41, 5.74) is 4.05. The normalized spacial score (nSPS) is 11.1. The molecule has 3 aromatic rings. The number of carbonyl (C=O) groups excluding carboxylic acids is 8. The van der Waals surface area contributed by atoms with Crippen molar-refractivity contribution in [2.75, 3.05) is 69.9 Å². The van der Waals surface area contributed by atoms with Gasteiger partial charge in [0.1, 0.15) is 17.1 Å². The van der Waals surface area contributed by atoms with Crippen molar-refractivity contribution in [3.05, 3.63) is 95.1 Å². The number of hydrogen-bond donors (Lipinski definition) is 6. The lowest BCUT2D eigenvalue weighted by Crippen LogP contribution is -2.58. The smallest absolute Gasteiger partial charge is 0.226 e. The van der Waals surface area contributed by atoms with Crippen LogP contribution < -0.4 is 31.9 Å². The Balaban J connectivity index is 1.58. The summed E-state index contributed by atoms with van der Waals surface area (Å²) in [6.45, 7) is 8.98. The Labute approximate surface area is 406 Å². The molecule has 0 aliphatic carbocycles. The van der Waals surface area contributed by atoms with Gasteiger partial charge in [-0.15, -0.1) is 0 Å². The molecule has 6 amide bonds. The molecule has 0 saturated carbocycles. The van der Waals surface area contributed by atoms with Gasteiger partial charge in [-0.25, -0.2) is 0 Å². The molecule has 0 radical (unpaired) electrons. The summed E-state index contributed by atoms with van der Waals surface area (Å²) in [6.07, 6.45) is 0.849. The molecule has 0 atom stereocenters. The summed E-state index contributed by atoms with van der Waals surface area (Å²) >= 11 is 0. The van der Waals surface area contributed by atoms with E-state index in [1.807, 2.05) is 69.3 Å². The zero-order chi connectivity index (χ0) is 50.4. The van der Waals surface area contributed by atoms with E-state index in [0.29, 0.717) is 17.8 Å². The summed E-state index contributed by atoms with van der Waals surface area (Å²) in [6, 6.07) is 22.4. The molecule has 0 unspecified atom stereocenters. The lowest BCUT2D eigenvalue weighted by atomic mass is 10.0. The van der Waals surface area contributed by atoms with Gasteiger partial charge in [-0.05, 0) is 57.0 Å². The molecule has 0 bridgehead atoms. The first-order valence-corrected chi connectivity index (χ1v) is 23.7. The summed E-state index contributed by atoms with van der Waals surface area (Å²) in [7, 11) is 0. The van der Waals surface area contributed by atoms with Crippen molar-refractivity contribution < 1.29 is 52.6 Å². The maximum atomic E-state index is 13.5. The van der Waals surface area contributed by atoms with E-state index < -0.39 is 11.4 Å². The van der Waals surface area contributed by atoms with Gasteiger partial charge < -0.3 is 46.1 Å². The van der Waals surface area contributed by atoms with E-state index in [9.17, 15) is 38.4 Å². The van der Waals surface area contributed by atoms with Crippen molar-refractivity contribution in [2.45, 2.75) is 104 Å². The lowest BCUT2D eigenvalue weighted by Gasteiger charge is -2.34. The van der Waals surface area contributed by atoms with Crippen molar-refractivity contribution in [1.82, 2.24) is 21.3 Å². The van der Waals surface area contributed by atoms with Gasteiger partial charge in [-0.2, -0.15) is 0 Å². The third-order valence-corrected chi connectivity index (χ3v) is 10.7.